The SMILES string of the molecule is CN(C(=O)c1ccc(-c2ccc(F)cc2)o1)C1CCS(=O)(=O)C1. The van der Waals surface area contributed by atoms with Gasteiger partial charge in [-0.05, 0) is 42.8 Å². The van der Waals surface area contributed by atoms with Gasteiger partial charge in [-0.2, -0.15) is 0 Å². The first-order valence-corrected chi connectivity index (χ1v) is 9.01. The van der Waals surface area contributed by atoms with Gasteiger partial charge in [0.05, 0.1) is 11.5 Å². The maximum atomic E-state index is 12.9. The lowest BCUT2D eigenvalue weighted by Gasteiger charge is -2.22. The predicted octanol–water partition coefficient (Wildman–Crippen LogP) is 2.34. The summed E-state index contributed by atoms with van der Waals surface area (Å²) in [6.07, 6.45) is 0.441. The molecule has 1 unspecified atom stereocenters. The molecule has 0 spiro atoms. The van der Waals surface area contributed by atoms with E-state index in [1.165, 1.54) is 17.0 Å². The van der Waals surface area contributed by atoms with E-state index in [9.17, 15) is 17.6 Å². The van der Waals surface area contributed by atoms with Crippen LogP contribution in [0.3, 0.4) is 0 Å². The Balaban J connectivity index is 1.77. The van der Waals surface area contributed by atoms with Crippen molar-refractivity contribution >= 4 is 15.7 Å². The lowest BCUT2D eigenvalue weighted by molar-refractivity contribution is 0.0716. The Kier molecular flexibility index (Phi) is 3.97. The molecule has 2 aromatic rings. The third-order valence-electron chi connectivity index (χ3n) is 4.02. The van der Waals surface area contributed by atoms with Crippen LogP contribution in [0.15, 0.2) is 40.8 Å². The van der Waals surface area contributed by atoms with Gasteiger partial charge in [-0.3, -0.25) is 4.79 Å². The van der Waals surface area contributed by atoms with Gasteiger partial charge >= 0.3 is 0 Å². The molecular formula is C16H16FNO4S. The number of carbonyl (C=O) groups is 1. The van der Waals surface area contributed by atoms with Gasteiger partial charge in [0.1, 0.15) is 11.6 Å². The summed E-state index contributed by atoms with van der Waals surface area (Å²) in [5.74, 6) is -0.0224. The molecule has 0 bridgehead atoms. The third-order valence-corrected chi connectivity index (χ3v) is 5.77. The summed E-state index contributed by atoms with van der Waals surface area (Å²) < 4.78 is 41.5. The predicted molar refractivity (Wildman–Crippen MR) is 83.3 cm³/mol. The van der Waals surface area contributed by atoms with Crippen molar-refractivity contribution in [2.75, 3.05) is 18.6 Å². The number of hydrogen-bond donors (Lipinski definition) is 0. The Hall–Kier alpha value is -2.15. The van der Waals surface area contributed by atoms with E-state index < -0.39 is 9.84 Å². The zero-order chi connectivity index (χ0) is 16.6. The molecule has 0 radical (unpaired) electrons. The van der Waals surface area contributed by atoms with Gasteiger partial charge in [-0.15, -0.1) is 0 Å². The number of sulfone groups is 1. The number of benzene rings is 1. The highest BCUT2D eigenvalue weighted by molar-refractivity contribution is 7.91. The topological polar surface area (TPSA) is 67.6 Å². The van der Waals surface area contributed by atoms with Crippen LogP contribution >= 0.6 is 0 Å². The molecular weight excluding hydrogens is 321 g/mol. The van der Waals surface area contributed by atoms with Crippen molar-refractivity contribution < 1.29 is 22.0 Å². The number of nitrogens with zero attached hydrogens (tertiary/aromatic N) is 1. The Morgan fingerprint density at radius 1 is 1.22 bits per heavy atom. The molecule has 5 nitrogen and oxygen atoms in total. The molecule has 0 N–H and O–H groups in total. The first-order chi connectivity index (χ1) is 10.9. The number of hydrogen-bond acceptors (Lipinski definition) is 4. The molecule has 0 aliphatic carbocycles. The average molecular weight is 337 g/mol. The molecule has 1 fully saturated rings. The van der Waals surface area contributed by atoms with Crippen molar-refractivity contribution in [3.8, 4) is 11.3 Å². The number of amides is 1. The highest BCUT2D eigenvalue weighted by atomic mass is 32.2. The molecule has 1 atom stereocenters. The van der Waals surface area contributed by atoms with E-state index in [2.05, 4.69) is 0 Å². The summed E-state index contributed by atoms with van der Waals surface area (Å²) in [7, 11) is -1.48. The van der Waals surface area contributed by atoms with Crippen LogP contribution in [0, 0.1) is 5.82 Å². The van der Waals surface area contributed by atoms with E-state index >= 15 is 0 Å². The lowest BCUT2D eigenvalue weighted by atomic mass is 10.2. The van der Waals surface area contributed by atoms with E-state index in [1.807, 2.05) is 0 Å². The molecule has 23 heavy (non-hydrogen) atoms. The van der Waals surface area contributed by atoms with E-state index in [4.69, 9.17) is 4.42 Å². The van der Waals surface area contributed by atoms with Gasteiger partial charge in [-0.1, -0.05) is 0 Å². The van der Waals surface area contributed by atoms with Crippen molar-refractivity contribution in [2.24, 2.45) is 0 Å². The van der Waals surface area contributed by atoms with Crippen LogP contribution in [0.4, 0.5) is 4.39 Å². The molecule has 2 heterocycles. The Labute approximate surface area is 133 Å². The fourth-order valence-electron chi connectivity index (χ4n) is 2.64. The summed E-state index contributed by atoms with van der Waals surface area (Å²) in [4.78, 5) is 13.8. The van der Waals surface area contributed by atoms with Gasteiger partial charge < -0.3 is 9.32 Å². The molecule has 1 aromatic heterocycles. The van der Waals surface area contributed by atoms with Gasteiger partial charge in [0.2, 0.25) is 0 Å². The van der Waals surface area contributed by atoms with Crippen LogP contribution in [0.1, 0.15) is 17.0 Å². The first kappa shape index (κ1) is 15.7. The van der Waals surface area contributed by atoms with Gasteiger partial charge in [0, 0.05) is 18.7 Å². The quantitative estimate of drug-likeness (QED) is 0.862. The van der Waals surface area contributed by atoms with Crippen LogP contribution in [0.5, 0.6) is 0 Å². The fraction of sp³-hybridized carbons (Fsp3) is 0.312. The zero-order valence-electron chi connectivity index (χ0n) is 12.5. The summed E-state index contributed by atoms with van der Waals surface area (Å²) in [5, 5.41) is 0. The maximum Gasteiger partial charge on any atom is 0.289 e. The lowest BCUT2D eigenvalue weighted by Crippen LogP contribution is -2.37. The second-order valence-corrected chi connectivity index (χ2v) is 7.87. The van der Waals surface area contributed by atoms with Gasteiger partial charge in [-0.25, -0.2) is 12.8 Å². The van der Waals surface area contributed by atoms with Crippen molar-refractivity contribution in [1.82, 2.24) is 4.90 Å². The number of halogens is 1. The first-order valence-electron chi connectivity index (χ1n) is 7.19. The minimum Gasteiger partial charge on any atom is -0.451 e. The molecule has 3 rings (SSSR count). The van der Waals surface area contributed by atoms with Crippen molar-refractivity contribution in [3.63, 3.8) is 0 Å². The van der Waals surface area contributed by atoms with Crippen LogP contribution in [-0.4, -0.2) is 43.8 Å². The van der Waals surface area contributed by atoms with Crippen molar-refractivity contribution in [2.45, 2.75) is 12.5 Å². The minimum atomic E-state index is -3.06. The molecule has 122 valence electrons. The van der Waals surface area contributed by atoms with Gasteiger partial charge in [0.15, 0.2) is 15.6 Å². The Morgan fingerprint density at radius 3 is 2.52 bits per heavy atom. The van der Waals surface area contributed by atoms with E-state index in [1.54, 1.807) is 31.3 Å². The van der Waals surface area contributed by atoms with Crippen LogP contribution in [-0.2, 0) is 9.84 Å². The smallest absolute Gasteiger partial charge is 0.289 e. The maximum absolute atomic E-state index is 12.9. The highest BCUT2D eigenvalue weighted by Crippen LogP contribution is 2.24. The average Bonchev–Trinajstić information content (AvgIpc) is 3.13. The van der Waals surface area contributed by atoms with Crippen molar-refractivity contribution in [3.05, 3.63) is 48.0 Å². The molecule has 0 saturated carbocycles. The Morgan fingerprint density at radius 2 is 1.91 bits per heavy atom. The number of rotatable bonds is 3. The fourth-order valence-corrected chi connectivity index (χ4v) is 4.42. The highest BCUT2D eigenvalue weighted by Gasteiger charge is 2.33. The zero-order valence-corrected chi connectivity index (χ0v) is 13.3. The number of furan rings is 1. The summed E-state index contributed by atoms with van der Waals surface area (Å²) in [5.41, 5.74) is 0.663. The van der Waals surface area contributed by atoms with Crippen molar-refractivity contribution in [1.29, 1.82) is 0 Å². The van der Waals surface area contributed by atoms with E-state index in [0.29, 0.717) is 17.7 Å². The minimum absolute atomic E-state index is 0.0131. The molecule has 1 aliphatic heterocycles. The monoisotopic (exact) mass is 337 g/mol. The molecule has 1 saturated heterocycles. The second-order valence-electron chi connectivity index (χ2n) is 5.64. The molecule has 7 heteroatoms. The molecule has 1 aromatic carbocycles. The molecule has 1 aliphatic rings. The summed E-state index contributed by atoms with van der Waals surface area (Å²) >= 11 is 0. The largest absolute Gasteiger partial charge is 0.451 e. The van der Waals surface area contributed by atoms with Crippen LogP contribution in [0.25, 0.3) is 11.3 Å². The standard InChI is InChI=1S/C16H16FNO4S/c1-18(13-8-9-23(20,21)10-13)16(19)15-7-6-14(22-15)11-2-4-12(17)5-3-11/h2-7,13H,8-10H2,1H3. The second kappa shape index (κ2) is 5.81. The summed E-state index contributed by atoms with van der Waals surface area (Å²) in [6.45, 7) is 0. The number of carbonyl (C=O) groups excluding carboxylic acids is 1. The van der Waals surface area contributed by atoms with Crippen LogP contribution < -0.4 is 0 Å². The Bertz CT molecular complexity index is 826. The summed E-state index contributed by atoms with van der Waals surface area (Å²) in [6, 6.07) is 8.61. The third kappa shape index (κ3) is 3.29. The van der Waals surface area contributed by atoms with E-state index in [-0.39, 0.29) is 35.0 Å². The molecule has 1 amide bonds. The van der Waals surface area contributed by atoms with Crippen LogP contribution in [0.2, 0.25) is 0 Å². The van der Waals surface area contributed by atoms with Gasteiger partial charge in [0.25, 0.3) is 5.91 Å². The normalized spacial score (nSPS) is 19.7. The van der Waals surface area contributed by atoms with E-state index in [0.717, 1.165) is 0 Å².